The number of cyclic esters (lactones) is 1. The lowest BCUT2D eigenvalue weighted by molar-refractivity contribution is -0.175. The molecular formula is C22H24O4. The van der Waals surface area contributed by atoms with Crippen molar-refractivity contribution in [3.05, 3.63) is 77.9 Å². The highest BCUT2D eigenvalue weighted by atomic mass is 16.5. The molecule has 4 heteroatoms. The predicted octanol–water partition coefficient (Wildman–Crippen LogP) is 2.99. The standard InChI is InChI=1S/C22H24O4/c23-19(14-12-17-9-5-2-6-10-17)21-20(24)15-18(26-22(21)25)13-11-16-7-3-1-4-8-16/h1-10,12,14,18-21,23-24H,11,13,15H2. The van der Waals surface area contributed by atoms with Gasteiger partial charge in [0.1, 0.15) is 12.0 Å². The summed E-state index contributed by atoms with van der Waals surface area (Å²) < 4.78 is 5.47. The Morgan fingerprint density at radius 3 is 2.38 bits per heavy atom. The van der Waals surface area contributed by atoms with E-state index in [9.17, 15) is 15.0 Å². The summed E-state index contributed by atoms with van der Waals surface area (Å²) in [5.41, 5.74) is 2.09. The average Bonchev–Trinajstić information content (AvgIpc) is 2.66. The second-order valence-corrected chi connectivity index (χ2v) is 6.67. The first-order valence-electron chi connectivity index (χ1n) is 8.97. The SMILES string of the molecule is O=C1OC(CCc2ccccc2)CC(O)C1C(O)C=Cc1ccccc1. The van der Waals surface area contributed by atoms with Crippen LogP contribution in [0.2, 0.25) is 0 Å². The van der Waals surface area contributed by atoms with Crippen molar-refractivity contribution in [2.24, 2.45) is 5.92 Å². The second-order valence-electron chi connectivity index (χ2n) is 6.67. The molecule has 26 heavy (non-hydrogen) atoms. The number of hydrogen-bond acceptors (Lipinski definition) is 4. The molecule has 0 aliphatic carbocycles. The Hall–Kier alpha value is -2.43. The lowest BCUT2D eigenvalue weighted by Gasteiger charge is -2.33. The zero-order chi connectivity index (χ0) is 18.4. The van der Waals surface area contributed by atoms with Crippen molar-refractivity contribution in [3.63, 3.8) is 0 Å². The minimum atomic E-state index is -1.08. The van der Waals surface area contributed by atoms with E-state index in [4.69, 9.17) is 4.74 Å². The molecule has 2 aromatic rings. The number of carbonyl (C=O) groups excluding carboxylic acids is 1. The van der Waals surface area contributed by atoms with Crippen LogP contribution in [0.3, 0.4) is 0 Å². The Morgan fingerprint density at radius 2 is 1.73 bits per heavy atom. The number of aliphatic hydroxyl groups excluding tert-OH is 2. The van der Waals surface area contributed by atoms with Crippen molar-refractivity contribution < 1.29 is 19.7 Å². The van der Waals surface area contributed by atoms with Crippen LogP contribution in [0.25, 0.3) is 6.08 Å². The molecule has 2 N–H and O–H groups in total. The monoisotopic (exact) mass is 352 g/mol. The summed E-state index contributed by atoms with van der Waals surface area (Å²) >= 11 is 0. The van der Waals surface area contributed by atoms with Crippen LogP contribution in [-0.2, 0) is 16.0 Å². The first kappa shape index (κ1) is 18.4. The van der Waals surface area contributed by atoms with Gasteiger partial charge in [-0.2, -0.15) is 0 Å². The molecular weight excluding hydrogens is 328 g/mol. The van der Waals surface area contributed by atoms with Crippen LogP contribution in [0, 0.1) is 5.92 Å². The number of aryl methyl sites for hydroxylation is 1. The molecule has 0 radical (unpaired) electrons. The van der Waals surface area contributed by atoms with Gasteiger partial charge in [0, 0.05) is 6.42 Å². The summed E-state index contributed by atoms with van der Waals surface area (Å²) in [6.45, 7) is 0. The summed E-state index contributed by atoms with van der Waals surface area (Å²) in [7, 11) is 0. The van der Waals surface area contributed by atoms with Gasteiger partial charge in [0.2, 0.25) is 0 Å². The van der Waals surface area contributed by atoms with Gasteiger partial charge in [0.05, 0.1) is 12.2 Å². The molecule has 1 heterocycles. The Labute approximate surface area is 153 Å². The van der Waals surface area contributed by atoms with E-state index in [0.29, 0.717) is 12.8 Å². The maximum Gasteiger partial charge on any atom is 0.314 e. The fourth-order valence-corrected chi connectivity index (χ4v) is 3.27. The van der Waals surface area contributed by atoms with E-state index in [1.165, 1.54) is 11.6 Å². The topological polar surface area (TPSA) is 66.8 Å². The average molecular weight is 352 g/mol. The quantitative estimate of drug-likeness (QED) is 0.785. The number of rotatable bonds is 6. The summed E-state index contributed by atoms with van der Waals surface area (Å²) in [6.07, 6.45) is 2.77. The number of benzene rings is 2. The summed E-state index contributed by atoms with van der Waals surface area (Å²) in [5, 5.41) is 20.7. The minimum Gasteiger partial charge on any atom is -0.462 e. The van der Waals surface area contributed by atoms with Crippen LogP contribution >= 0.6 is 0 Å². The van der Waals surface area contributed by atoms with Gasteiger partial charge in [0.25, 0.3) is 0 Å². The molecule has 3 rings (SSSR count). The lowest BCUT2D eigenvalue weighted by Crippen LogP contribution is -2.46. The van der Waals surface area contributed by atoms with Crippen LogP contribution in [0.1, 0.15) is 24.0 Å². The Bertz CT molecular complexity index is 726. The number of ether oxygens (including phenoxy) is 1. The Balaban J connectivity index is 1.56. The zero-order valence-corrected chi connectivity index (χ0v) is 14.6. The Morgan fingerprint density at radius 1 is 1.08 bits per heavy atom. The number of esters is 1. The summed E-state index contributed by atoms with van der Waals surface area (Å²) in [6, 6.07) is 19.5. The molecule has 4 atom stereocenters. The fourth-order valence-electron chi connectivity index (χ4n) is 3.27. The minimum absolute atomic E-state index is 0.320. The molecule has 0 bridgehead atoms. The van der Waals surface area contributed by atoms with Gasteiger partial charge in [-0.25, -0.2) is 0 Å². The molecule has 1 aliphatic rings. The smallest absolute Gasteiger partial charge is 0.314 e. The van der Waals surface area contributed by atoms with Crippen LogP contribution in [0.5, 0.6) is 0 Å². The van der Waals surface area contributed by atoms with E-state index in [-0.39, 0.29) is 6.10 Å². The van der Waals surface area contributed by atoms with E-state index in [0.717, 1.165) is 12.0 Å². The van der Waals surface area contributed by atoms with Gasteiger partial charge in [-0.15, -0.1) is 0 Å². The van der Waals surface area contributed by atoms with E-state index in [2.05, 4.69) is 0 Å². The van der Waals surface area contributed by atoms with Crippen molar-refractivity contribution in [2.45, 2.75) is 37.6 Å². The van der Waals surface area contributed by atoms with E-state index in [1.807, 2.05) is 60.7 Å². The number of aliphatic hydroxyl groups is 2. The van der Waals surface area contributed by atoms with Gasteiger partial charge in [-0.05, 0) is 24.0 Å². The van der Waals surface area contributed by atoms with E-state index < -0.39 is 24.1 Å². The Kier molecular flexibility index (Phi) is 6.21. The zero-order valence-electron chi connectivity index (χ0n) is 14.6. The van der Waals surface area contributed by atoms with Crippen molar-refractivity contribution in [2.75, 3.05) is 0 Å². The van der Waals surface area contributed by atoms with Crippen molar-refractivity contribution in [3.8, 4) is 0 Å². The van der Waals surface area contributed by atoms with E-state index >= 15 is 0 Å². The van der Waals surface area contributed by atoms with Crippen LogP contribution in [-0.4, -0.2) is 34.5 Å². The molecule has 0 amide bonds. The predicted molar refractivity (Wildman–Crippen MR) is 100 cm³/mol. The van der Waals surface area contributed by atoms with Gasteiger partial charge < -0.3 is 14.9 Å². The molecule has 4 unspecified atom stereocenters. The first-order chi connectivity index (χ1) is 12.6. The highest BCUT2D eigenvalue weighted by Crippen LogP contribution is 2.27. The molecule has 1 aliphatic heterocycles. The fraction of sp³-hybridized carbons (Fsp3) is 0.318. The van der Waals surface area contributed by atoms with Gasteiger partial charge in [-0.3, -0.25) is 4.79 Å². The number of carbonyl (C=O) groups is 1. The summed E-state index contributed by atoms with van der Waals surface area (Å²) in [5.74, 6) is -1.48. The normalized spacial score (nSPS) is 24.4. The maximum atomic E-state index is 12.3. The lowest BCUT2D eigenvalue weighted by atomic mass is 9.87. The second kappa shape index (κ2) is 8.79. The largest absolute Gasteiger partial charge is 0.462 e. The molecule has 136 valence electrons. The van der Waals surface area contributed by atoms with Gasteiger partial charge >= 0.3 is 5.97 Å². The maximum absolute atomic E-state index is 12.3. The first-order valence-corrected chi connectivity index (χ1v) is 8.97. The molecule has 0 saturated carbocycles. The molecule has 4 nitrogen and oxygen atoms in total. The van der Waals surface area contributed by atoms with Crippen LogP contribution in [0.15, 0.2) is 66.7 Å². The molecule has 2 aromatic carbocycles. The molecule has 0 spiro atoms. The highest BCUT2D eigenvalue weighted by molar-refractivity contribution is 5.75. The third-order valence-electron chi connectivity index (χ3n) is 4.73. The van der Waals surface area contributed by atoms with Crippen molar-refractivity contribution >= 4 is 12.0 Å². The summed E-state index contributed by atoms with van der Waals surface area (Å²) in [4.78, 5) is 12.3. The van der Waals surface area contributed by atoms with Crippen molar-refractivity contribution in [1.29, 1.82) is 0 Å². The van der Waals surface area contributed by atoms with Crippen LogP contribution < -0.4 is 0 Å². The molecule has 1 fully saturated rings. The van der Waals surface area contributed by atoms with Crippen LogP contribution in [0.4, 0.5) is 0 Å². The molecule has 1 saturated heterocycles. The van der Waals surface area contributed by atoms with E-state index in [1.54, 1.807) is 6.08 Å². The third kappa shape index (κ3) is 4.81. The van der Waals surface area contributed by atoms with Gasteiger partial charge in [-0.1, -0.05) is 72.8 Å². The van der Waals surface area contributed by atoms with Gasteiger partial charge in [0.15, 0.2) is 0 Å². The highest BCUT2D eigenvalue weighted by Gasteiger charge is 2.40. The van der Waals surface area contributed by atoms with Crippen molar-refractivity contribution in [1.82, 2.24) is 0 Å². The molecule has 0 aromatic heterocycles. The number of hydrogen-bond donors (Lipinski definition) is 2. The third-order valence-corrected chi connectivity index (χ3v) is 4.73.